The molecule has 0 radical (unpaired) electrons. The second-order valence-electron chi connectivity index (χ2n) is 7.56. The lowest BCUT2D eigenvalue weighted by Gasteiger charge is -2.37. The summed E-state index contributed by atoms with van der Waals surface area (Å²) in [5, 5.41) is 10.1. The van der Waals surface area contributed by atoms with Crippen molar-refractivity contribution >= 4 is 5.82 Å². The van der Waals surface area contributed by atoms with E-state index in [9.17, 15) is 9.50 Å². The van der Waals surface area contributed by atoms with E-state index in [1.807, 2.05) is 32.9 Å². The van der Waals surface area contributed by atoms with Gasteiger partial charge in [-0.2, -0.15) is 0 Å². The molecular formula is C22H31FN4O2. The van der Waals surface area contributed by atoms with Gasteiger partial charge in [0.25, 0.3) is 0 Å². The van der Waals surface area contributed by atoms with Crippen LogP contribution in [0.2, 0.25) is 0 Å². The average Bonchev–Trinajstić information content (AvgIpc) is 2.70. The third kappa shape index (κ3) is 5.95. The Kier molecular flexibility index (Phi) is 7.52. The maximum Gasteiger partial charge on any atom is 0.136 e. The smallest absolute Gasteiger partial charge is 0.136 e. The minimum Gasteiger partial charge on any atom is -0.389 e. The van der Waals surface area contributed by atoms with Crippen molar-refractivity contribution in [2.24, 2.45) is 0 Å². The number of nitrogens with zero attached hydrogens (tertiary/aromatic N) is 4. The standard InChI is InChI=1S/C22H31FN4O2/c1-4-29-15-20(28)14-26-9-11-27(12-10-26)22-21(16(2)24-17(3)25-22)13-18-5-7-19(23)8-6-18/h5-8,20,28H,4,9-15H2,1-3H3. The maximum absolute atomic E-state index is 13.3. The van der Waals surface area contributed by atoms with Gasteiger partial charge >= 0.3 is 0 Å². The molecule has 0 aliphatic carbocycles. The zero-order valence-corrected chi connectivity index (χ0v) is 17.6. The number of β-amino-alcohol motifs (C(OH)–C–C–N with tert-alkyl or cyclic N) is 1. The summed E-state index contributed by atoms with van der Waals surface area (Å²) < 4.78 is 18.6. The van der Waals surface area contributed by atoms with Crippen molar-refractivity contribution in [2.45, 2.75) is 33.3 Å². The van der Waals surface area contributed by atoms with Gasteiger partial charge in [-0.05, 0) is 38.5 Å². The van der Waals surface area contributed by atoms with E-state index in [1.54, 1.807) is 0 Å². The van der Waals surface area contributed by atoms with Crippen LogP contribution < -0.4 is 4.90 Å². The van der Waals surface area contributed by atoms with E-state index < -0.39 is 6.10 Å². The summed E-state index contributed by atoms with van der Waals surface area (Å²) in [5.74, 6) is 1.50. The molecule has 1 saturated heterocycles. The first-order valence-electron chi connectivity index (χ1n) is 10.3. The quantitative estimate of drug-likeness (QED) is 0.731. The van der Waals surface area contributed by atoms with Gasteiger partial charge in [-0.3, -0.25) is 4.90 Å². The van der Waals surface area contributed by atoms with Crippen molar-refractivity contribution in [2.75, 3.05) is 50.8 Å². The molecule has 7 heteroatoms. The minimum absolute atomic E-state index is 0.228. The van der Waals surface area contributed by atoms with Crippen LogP contribution in [0, 0.1) is 19.7 Å². The number of aryl methyl sites for hydroxylation is 2. The SMILES string of the molecule is CCOCC(O)CN1CCN(c2nc(C)nc(C)c2Cc2ccc(F)cc2)CC1. The van der Waals surface area contributed by atoms with Gasteiger partial charge in [0.15, 0.2) is 0 Å². The monoisotopic (exact) mass is 402 g/mol. The minimum atomic E-state index is -0.459. The van der Waals surface area contributed by atoms with Gasteiger partial charge in [-0.15, -0.1) is 0 Å². The highest BCUT2D eigenvalue weighted by Crippen LogP contribution is 2.25. The molecule has 158 valence electrons. The summed E-state index contributed by atoms with van der Waals surface area (Å²) in [6.07, 6.45) is 0.216. The molecule has 1 aromatic heterocycles. The summed E-state index contributed by atoms with van der Waals surface area (Å²) in [6, 6.07) is 6.61. The molecule has 0 amide bonds. The van der Waals surface area contributed by atoms with E-state index in [0.717, 1.165) is 54.6 Å². The van der Waals surface area contributed by atoms with E-state index in [0.29, 0.717) is 26.2 Å². The summed E-state index contributed by atoms with van der Waals surface area (Å²) in [7, 11) is 0. The topological polar surface area (TPSA) is 61.7 Å². The van der Waals surface area contributed by atoms with E-state index in [-0.39, 0.29) is 5.82 Å². The number of aliphatic hydroxyl groups excluding tert-OH is 1. The fraction of sp³-hybridized carbons (Fsp3) is 0.545. The lowest BCUT2D eigenvalue weighted by atomic mass is 10.0. The predicted octanol–water partition coefficient (Wildman–Crippen LogP) is 2.34. The first-order valence-corrected chi connectivity index (χ1v) is 10.3. The number of aromatic nitrogens is 2. The fourth-order valence-corrected chi connectivity index (χ4v) is 3.74. The number of hydrogen-bond acceptors (Lipinski definition) is 6. The van der Waals surface area contributed by atoms with Gasteiger partial charge in [0.1, 0.15) is 17.5 Å². The van der Waals surface area contributed by atoms with Gasteiger partial charge in [0.2, 0.25) is 0 Å². The molecular weight excluding hydrogens is 371 g/mol. The average molecular weight is 403 g/mol. The van der Waals surface area contributed by atoms with E-state index >= 15 is 0 Å². The van der Waals surface area contributed by atoms with Crippen LogP contribution in [0.5, 0.6) is 0 Å². The van der Waals surface area contributed by atoms with Crippen molar-refractivity contribution < 1.29 is 14.2 Å². The van der Waals surface area contributed by atoms with Crippen molar-refractivity contribution in [1.82, 2.24) is 14.9 Å². The third-order valence-corrected chi connectivity index (χ3v) is 5.25. The highest BCUT2D eigenvalue weighted by atomic mass is 19.1. The number of aliphatic hydroxyl groups is 1. The number of hydrogen-bond donors (Lipinski definition) is 1. The summed E-state index contributed by atoms with van der Waals surface area (Å²) in [4.78, 5) is 13.9. The van der Waals surface area contributed by atoms with Gasteiger partial charge in [-0.1, -0.05) is 12.1 Å². The normalized spacial score (nSPS) is 16.2. The predicted molar refractivity (Wildman–Crippen MR) is 112 cm³/mol. The summed E-state index contributed by atoms with van der Waals surface area (Å²) in [6.45, 7) is 10.9. The van der Waals surface area contributed by atoms with E-state index in [2.05, 4.69) is 14.8 Å². The molecule has 29 heavy (non-hydrogen) atoms. The Balaban J connectivity index is 1.69. The first-order chi connectivity index (χ1) is 14.0. The fourth-order valence-electron chi connectivity index (χ4n) is 3.74. The molecule has 1 aliphatic rings. The molecule has 1 aromatic carbocycles. The zero-order valence-electron chi connectivity index (χ0n) is 17.6. The number of piperazine rings is 1. The maximum atomic E-state index is 13.3. The summed E-state index contributed by atoms with van der Waals surface area (Å²) in [5.41, 5.74) is 3.10. The van der Waals surface area contributed by atoms with E-state index in [4.69, 9.17) is 9.72 Å². The number of benzene rings is 1. The largest absolute Gasteiger partial charge is 0.389 e. The first kappa shape index (κ1) is 21.6. The molecule has 2 heterocycles. The Morgan fingerprint density at radius 1 is 1.10 bits per heavy atom. The molecule has 3 rings (SSSR count). The highest BCUT2D eigenvalue weighted by molar-refractivity contribution is 5.51. The number of rotatable bonds is 8. The van der Waals surface area contributed by atoms with Crippen LogP contribution in [0.3, 0.4) is 0 Å². The van der Waals surface area contributed by atoms with Crippen LogP contribution in [0.1, 0.15) is 29.6 Å². The lowest BCUT2D eigenvalue weighted by Crippen LogP contribution is -2.49. The van der Waals surface area contributed by atoms with Crippen LogP contribution in [-0.2, 0) is 11.2 Å². The van der Waals surface area contributed by atoms with Gasteiger partial charge in [-0.25, -0.2) is 14.4 Å². The Hall–Kier alpha value is -2.09. The van der Waals surface area contributed by atoms with Crippen molar-refractivity contribution in [3.63, 3.8) is 0 Å². The zero-order chi connectivity index (χ0) is 20.8. The lowest BCUT2D eigenvalue weighted by molar-refractivity contribution is 0.0202. The highest BCUT2D eigenvalue weighted by Gasteiger charge is 2.23. The number of halogens is 1. The van der Waals surface area contributed by atoms with E-state index in [1.165, 1.54) is 12.1 Å². The van der Waals surface area contributed by atoms with Crippen LogP contribution in [-0.4, -0.2) is 72.0 Å². The Morgan fingerprint density at radius 2 is 1.79 bits per heavy atom. The van der Waals surface area contributed by atoms with Crippen LogP contribution in [0.25, 0.3) is 0 Å². The molecule has 6 nitrogen and oxygen atoms in total. The number of anilines is 1. The van der Waals surface area contributed by atoms with Crippen LogP contribution in [0.15, 0.2) is 24.3 Å². The molecule has 2 aromatic rings. The molecule has 0 saturated carbocycles. The summed E-state index contributed by atoms with van der Waals surface area (Å²) >= 11 is 0. The van der Waals surface area contributed by atoms with Crippen LogP contribution >= 0.6 is 0 Å². The van der Waals surface area contributed by atoms with Gasteiger partial charge < -0.3 is 14.7 Å². The Labute approximate surface area is 172 Å². The Morgan fingerprint density at radius 3 is 2.45 bits per heavy atom. The molecule has 1 unspecified atom stereocenters. The Bertz CT molecular complexity index is 792. The second-order valence-corrected chi connectivity index (χ2v) is 7.56. The van der Waals surface area contributed by atoms with Crippen molar-refractivity contribution in [1.29, 1.82) is 0 Å². The van der Waals surface area contributed by atoms with Crippen molar-refractivity contribution in [3.8, 4) is 0 Å². The molecule has 0 spiro atoms. The molecule has 1 atom stereocenters. The molecule has 1 N–H and O–H groups in total. The molecule has 1 aliphatic heterocycles. The van der Waals surface area contributed by atoms with Gasteiger partial charge in [0.05, 0.1) is 12.7 Å². The second kappa shape index (κ2) is 10.1. The third-order valence-electron chi connectivity index (χ3n) is 5.25. The number of ether oxygens (including phenoxy) is 1. The molecule has 0 bridgehead atoms. The molecule has 1 fully saturated rings. The van der Waals surface area contributed by atoms with Gasteiger partial charge in [0, 0.05) is 57.0 Å². The van der Waals surface area contributed by atoms with Crippen LogP contribution in [0.4, 0.5) is 10.2 Å². The van der Waals surface area contributed by atoms with Crippen molar-refractivity contribution in [3.05, 3.63) is 52.7 Å².